The van der Waals surface area contributed by atoms with Crippen molar-refractivity contribution in [3.8, 4) is 5.75 Å². The molecule has 2 aromatic carbocycles. The molecule has 0 bridgehead atoms. The molecule has 3 N–H and O–H groups in total. The van der Waals surface area contributed by atoms with E-state index in [9.17, 15) is 0 Å². The number of phenolic OH excluding ortho intramolecular Hbond substituents is 1. The first kappa shape index (κ1) is 18.9. The number of rotatable bonds is 6. The molecule has 0 fully saturated rings. The third-order valence-corrected chi connectivity index (χ3v) is 3.69. The predicted molar refractivity (Wildman–Crippen MR) is 101 cm³/mol. The molecule has 0 saturated heterocycles. The Hall–Kier alpha value is -2.16. The summed E-state index contributed by atoms with van der Waals surface area (Å²) in [5, 5.41) is 15.5. The molecule has 0 aliphatic carbocycles. The molecule has 0 spiro atoms. The Bertz CT molecular complexity index is 494. The van der Waals surface area contributed by atoms with Crippen LogP contribution in [0.1, 0.15) is 40.5 Å². The quantitative estimate of drug-likeness (QED) is 0.659. The molecule has 0 radical (unpaired) electrons. The lowest BCUT2D eigenvalue weighted by Crippen LogP contribution is -2.14. The minimum atomic E-state index is 0.322. The van der Waals surface area contributed by atoms with Gasteiger partial charge in [-0.05, 0) is 63.1 Å². The van der Waals surface area contributed by atoms with E-state index in [1.807, 2.05) is 6.07 Å². The number of phenols is 1. The van der Waals surface area contributed by atoms with E-state index >= 15 is 0 Å². The second-order valence-corrected chi connectivity index (χ2v) is 5.82. The monoisotopic (exact) mass is 314 g/mol. The van der Waals surface area contributed by atoms with Crippen molar-refractivity contribution in [2.45, 2.75) is 52.6 Å². The summed E-state index contributed by atoms with van der Waals surface area (Å²) in [7, 11) is 0. The second-order valence-electron chi connectivity index (χ2n) is 5.82. The molecule has 2 atom stereocenters. The molecule has 126 valence electrons. The number of anilines is 2. The van der Waals surface area contributed by atoms with Gasteiger partial charge in [0.05, 0.1) is 0 Å². The third-order valence-electron chi connectivity index (χ3n) is 3.69. The van der Waals surface area contributed by atoms with Crippen LogP contribution in [0.3, 0.4) is 0 Å². The maximum Gasteiger partial charge on any atom is 0.115 e. The van der Waals surface area contributed by atoms with E-state index in [1.165, 1.54) is 11.4 Å². The lowest BCUT2D eigenvalue weighted by Gasteiger charge is -2.15. The fourth-order valence-electron chi connectivity index (χ4n) is 1.86. The van der Waals surface area contributed by atoms with Gasteiger partial charge in [-0.25, -0.2) is 0 Å². The van der Waals surface area contributed by atoms with Gasteiger partial charge < -0.3 is 15.7 Å². The number of para-hydroxylation sites is 1. The normalized spacial score (nSPS) is 12.5. The Morgan fingerprint density at radius 2 is 1.13 bits per heavy atom. The van der Waals surface area contributed by atoms with Crippen molar-refractivity contribution in [2.24, 2.45) is 0 Å². The van der Waals surface area contributed by atoms with Gasteiger partial charge in [-0.15, -0.1) is 0 Å². The largest absolute Gasteiger partial charge is 0.508 e. The van der Waals surface area contributed by atoms with Crippen LogP contribution in [0.15, 0.2) is 54.6 Å². The van der Waals surface area contributed by atoms with Gasteiger partial charge in [-0.2, -0.15) is 0 Å². The van der Waals surface area contributed by atoms with Crippen LogP contribution >= 0.6 is 0 Å². The summed E-state index contributed by atoms with van der Waals surface area (Å²) in [6.07, 6.45) is 2.29. The average molecular weight is 314 g/mol. The summed E-state index contributed by atoms with van der Waals surface area (Å²) in [5.74, 6) is 0.322. The van der Waals surface area contributed by atoms with E-state index in [0.717, 1.165) is 12.8 Å². The molecular formula is C20H30N2O. The molecule has 2 unspecified atom stereocenters. The van der Waals surface area contributed by atoms with E-state index in [-0.39, 0.29) is 0 Å². The maximum atomic E-state index is 8.63. The SMILES string of the molecule is CCC(C)Nc1ccc(NC(C)CC)cc1.Oc1ccccc1. The van der Waals surface area contributed by atoms with Crippen molar-refractivity contribution in [1.82, 2.24) is 0 Å². The van der Waals surface area contributed by atoms with Crippen molar-refractivity contribution in [3.05, 3.63) is 54.6 Å². The third kappa shape index (κ3) is 8.15. The summed E-state index contributed by atoms with van der Waals surface area (Å²) in [6.45, 7) is 8.78. The number of nitrogens with one attached hydrogen (secondary N) is 2. The standard InChI is InChI=1S/C14H24N2.C6H6O/c1-5-11(3)15-13-7-9-14(10-8-13)16-12(4)6-2;7-6-4-2-1-3-5-6/h7-12,15-16H,5-6H2,1-4H3;1-5,7H. The van der Waals surface area contributed by atoms with Crippen molar-refractivity contribution < 1.29 is 5.11 Å². The molecule has 0 aromatic heterocycles. The summed E-state index contributed by atoms with van der Waals surface area (Å²) in [5.41, 5.74) is 2.40. The zero-order chi connectivity index (χ0) is 17.1. The molecule has 23 heavy (non-hydrogen) atoms. The molecule has 2 aromatic rings. The second kappa shape index (κ2) is 10.5. The Morgan fingerprint density at radius 1 is 0.739 bits per heavy atom. The van der Waals surface area contributed by atoms with Crippen LogP contribution in [-0.2, 0) is 0 Å². The highest BCUT2D eigenvalue weighted by atomic mass is 16.3. The van der Waals surface area contributed by atoms with Gasteiger partial charge in [0.25, 0.3) is 0 Å². The number of benzene rings is 2. The summed E-state index contributed by atoms with van der Waals surface area (Å²) in [6, 6.07) is 18.3. The molecule has 2 rings (SSSR count). The Morgan fingerprint density at radius 3 is 1.39 bits per heavy atom. The molecule has 0 aliphatic heterocycles. The van der Waals surface area contributed by atoms with Crippen LogP contribution < -0.4 is 10.6 Å². The minimum Gasteiger partial charge on any atom is -0.508 e. The minimum absolute atomic E-state index is 0.322. The fraction of sp³-hybridized carbons (Fsp3) is 0.400. The first-order chi connectivity index (χ1) is 11.0. The van der Waals surface area contributed by atoms with Crippen LogP contribution in [0.4, 0.5) is 11.4 Å². The van der Waals surface area contributed by atoms with Gasteiger partial charge >= 0.3 is 0 Å². The highest BCUT2D eigenvalue weighted by Crippen LogP contribution is 2.16. The first-order valence-corrected chi connectivity index (χ1v) is 8.42. The maximum absolute atomic E-state index is 8.63. The average Bonchev–Trinajstić information content (AvgIpc) is 2.57. The van der Waals surface area contributed by atoms with Gasteiger partial charge in [0.2, 0.25) is 0 Å². The van der Waals surface area contributed by atoms with Gasteiger partial charge in [0.15, 0.2) is 0 Å². The topological polar surface area (TPSA) is 44.3 Å². The zero-order valence-corrected chi connectivity index (χ0v) is 14.7. The van der Waals surface area contributed by atoms with Crippen molar-refractivity contribution >= 4 is 11.4 Å². The molecule has 0 amide bonds. The number of aromatic hydroxyl groups is 1. The van der Waals surface area contributed by atoms with Crippen LogP contribution in [0, 0.1) is 0 Å². The van der Waals surface area contributed by atoms with Gasteiger partial charge in [-0.1, -0.05) is 32.0 Å². The van der Waals surface area contributed by atoms with E-state index in [4.69, 9.17) is 5.11 Å². The van der Waals surface area contributed by atoms with Crippen LogP contribution in [0.2, 0.25) is 0 Å². The number of hydrogen-bond acceptors (Lipinski definition) is 3. The highest BCUT2D eigenvalue weighted by Gasteiger charge is 2.00. The molecule has 0 heterocycles. The summed E-state index contributed by atoms with van der Waals surface area (Å²) < 4.78 is 0. The molecule has 3 nitrogen and oxygen atoms in total. The van der Waals surface area contributed by atoms with Gasteiger partial charge in [0.1, 0.15) is 5.75 Å². The highest BCUT2D eigenvalue weighted by molar-refractivity contribution is 5.54. The van der Waals surface area contributed by atoms with E-state index < -0.39 is 0 Å². The van der Waals surface area contributed by atoms with E-state index in [2.05, 4.69) is 62.6 Å². The van der Waals surface area contributed by atoms with Crippen LogP contribution in [-0.4, -0.2) is 17.2 Å². The lowest BCUT2D eigenvalue weighted by molar-refractivity contribution is 0.475. The van der Waals surface area contributed by atoms with E-state index in [0.29, 0.717) is 17.8 Å². The van der Waals surface area contributed by atoms with Gasteiger partial charge in [0, 0.05) is 23.5 Å². The molecular weight excluding hydrogens is 284 g/mol. The first-order valence-electron chi connectivity index (χ1n) is 8.42. The molecule has 0 aliphatic rings. The van der Waals surface area contributed by atoms with Crippen molar-refractivity contribution in [1.29, 1.82) is 0 Å². The van der Waals surface area contributed by atoms with Crippen LogP contribution in [0.5, 0.6) is 5.75 Å². The van der Waals surface area contributed by atoms with E-state index in [1.54, 1.807) is 24.3 Å². The smallest absolute Gasteiger partial charge is 0.115 e. The zero-order valence-electron chi connectivity index (χ0n) is 14.7. The van der Waals surface area contributed by atoms with Crippen molar-refractivity contribution in [3.63, 3.8) is 0 Å². The Kier molecular flexibility index (Phi) is 8.66. The number of hydrogen-bond donors (Lipinski definition) is 3. The molecule has 0 saturated carbocycles. The Balaban J connectivity index is 0.000000313. The predicted octanol–water partition coefficient (Wildman–Crippen LogP) is 5.50. The Labute approximate surface area is 140 Å². The summed E-state index contributed by atoms with van der Waals surface area (Å²) >= 11 is 0. The van der Waals surface area contributed by atoms with Gasteiger partial charge in [-0.3, -0.25) is 0 Å². The van der Waals surface area contributed by atoms with Crippen molar-refractivity contribution in [2.75, 3.05) is 10.6 Å². The lowest BCUT2D eigenvalue weighted by atomic mass is 10.2. The molecule has 3 heteroatoms. The van der Waals surface area contributed by atoms with Crippen LogP contribution in [0.25, 0.3) is 0 Å². The summed E-state index contributed by atoms with van der Waals surface area (Å²) in [4.78, 5) is 0. The fourth-order valence-corrected chi connectivity index (χ4v) is 1.86.